The summed E-state index contributed by atoms with van der Waals surface area (Å²) in [5.41, 5.74) is 1.21. The molecule has 8 heteroatoms. The highest BCUT2D eigenvalue weighted by molar-refractivity contribution is 6.04. The predicted molar refractivity (Wildman–Crippen MR) is 113 cm³/mol. The van der Waals surface area contributed by atoms with Gasteiger partial charge < -0.3 is 24.4 Å². The Morgan fingerprint density at radius 1 is 0.967 bits per heavy atom. The number of aromatic nitrogens is 2. The second kappa shape index (κ2) is 9.23. The lowest BCUT2D eigenvalue weighted by Crippen LogP contribution is -2.37. The summed E-state index contributed by atoms with van der Waals surface area (Å²) in [6, 6.07) is 14.0. The molecular weight excluding hydrogens is 384 g/mol. The van der Waals surface area contributed by atoms with E-state index in [1.54, 1.807) is 68.0 Å². The van der Waals surface area contributed by atoms with Gasteiger partial charge >= 0.3 is 0 Å². The van der Waals surface area contributed by atoms with Gasteiger partial charge in [-0.1, -0.05) is 0 Å². The molecule has 1 N–H and O–H groups in total. The maximum Gasteiger partial charge on any atom is 0.263 e. The Kier molecular flexibility index (Phi) is 6.05. The number of hydrogen-bond acceptors (Lipinski definition) is 7. The number of amides is 1. The molecular formula is C22H22N4O4. The maximum absolute atomic E-state index is 12.5. The topological polar surface area (TPSA) is 85.8 Å². The molecule has 0 saturated carbocycles. The summed E-state index contributed by atoms with van der Waals surface area (Å²) < 4.78 is 16.5. The smallest absolute Gasteiger partial charge is 0.263 e. The van der Waals surface area contributed by atoms with Gasteiger partial charge in [-0.05, 0) is 48.5 Å². The van der Waals surface area contributed by atoms with E-state index >= 15 is 0 Å². The number of carbonyl (C=O) groups is 1. The van der Waals surface area contributed by atoms with Crippen molar-refractivity contribution < 1.29 is 19.0 Å². The predicted octanol–water partition coefficient (Wildman–Crippen LogP) is 3.37. The van der Waals surface area contributed by atoms with Crippen LogP contribution < -0.4 is 19.7 Å². The van der Waals surface area contributed by atoms with Crippen molar-refractivity contribution in [2.24, 2.45) is 0 Å². The van der Waals surface area contributed by atoms with Crippen LogP contribution in [0.15, 0.2) is 60.9 Å². The summed E-state index contributed by atoms with van der Waals surface area (Å²) in [6.07, 6.45) is 3.24. The van der Waals surface area contributed by atoms with Gasteiger partial charge in [-0.3, -0.25) is 4.79 Å². The van der Waals surface area contributed by atoms with E-state index in [4.69, 9.17) is 14.2 Å². The van der Waals surface area contributed by atoms with Crippen molar-refractivity contribution in [2.45, 2.75) is 0 Å². The fraction of sp³-hybridized carbons (Fsp3) is 0.227. The summed E-state index contributed by atoms with van der Waals surface area (Å²) in [5.74, 6) is 2.21. The highest BCUT2D eigenvalue weighted by Gasteiger charge is 2.18. The lowest BCUT2D eigenvalue weighted by Gasteiger charge is -2.28. The zero-order chi connectivity index (χ0) is 20.8. The second-order valence-corrected chi connectivity index (χ2v) is 6.59. The summed E-state index contributed by atoms with van der Waals surface area (Å²) in [6.45, 7) is 2.76. The van der Waals surface area contributed by atoms with Crippen LogP contribution >= 0.6 is 0 Å². The van der Waals surface area contributed by atoms with Crippen molar-refractivity contribution in [1.29, 1.82) is 0 Å². The molecule has 3 aromatic rings. The molecule has 0 aliphatic carbocycles. The van der Waals surface area contributed by atoms with E-state index in [0.717, 1.165) is 18.8 Å². The second-order valence-electron chi connectivity index (χ2n) is 6.59. The highest BCUT2D eigenvalue weighted by Crippen LogP contribution is 2.28. The first kappa shape index (κ1) is 19.7. The first-order valence-electron chi connectivity index (χ1n) is 9.60. The third-order valence-electron chi connectivity index (χ3n) is 4.64. The fourth-order valence-electron chi connectivity index (χ4n) is 3.05. The van der Waals surface area contributed by atoms with Crippen molar-refractivity contribution in [2.75, 3.05) is 43.6 Å². The number of hydrogen-bond donors (Lipinski definition) is 1. The molecule has 1 aliphatic heterocycles. The van der Waals surface area contributed by atoms with Crippen LogP contribution in [0, 0.1) is 0 Å². The van der Waals surface area contributed by atoms with Gasteiger partial charge in [0.05, 0.1) is 20.3 Å². The van der Waals surface area contributed by atoms with Gasteiger partial charge in [0.2, 0.25) is 0 Å². The molecule has 0 bridgehead atoms. The van der Waals surface area contributed by atoms with Gasteiger partial charge in [0, 0.05) is 36.7 Å². The number of benzene rings is 2. The molecule has 8 nitrogen and oxygen atoms in total. The molecule has 0 unspecified atom stereocenters. The quantitative estimate of drug-likeness (QED) is 0.672. The Morgan fingerprint density at radius 3 is 2.33 bits per heavy atom. The third kappa shape index (κ3) is 4.66. The number of ether oxygens (including phenoxy) is 3. The molecule has 0 radical (unpaired) electrons. The Balaban J connectivity index is 1.43. The maximum atomic E-state index is 12.5. The zero-order valence-electron chi connectivity index (χ0n) is 16.6. The molecule has 1 saturated heterocycles. The molecule has 4 rings (SSSR count). The minimum atomic E-state index is -0.208. The number of anilines is 2. The number of nitrogens with zero attached hydrogens (tertiary/aromatic N) is 3. The molecule has 1 aliphatic rings. The summed E-state index contributed by atoms with van der Waals surface area (Å²) >= 11 is 0. The SMILES string of the molecule is COc1ccc(NC(=O)c2ccc(Oc3nccnc3N3CCOCC3)cc2)cc1. The molecule has 154 valence electrons. The van der Waals surface area contributed by atoms with Gasteiger partial charge in [-0.15, -0.1) is 0 Å². The van der Waals surface area contributed by atoms with E-state index in [9.17, 15) is 4.79 Å². The van der Waals surface area contributed by atoms with Crippen LogP contribution in [-0.2, 0) is 4.74 Å². The van der Waals surface area contributed by atoms with Crippen LogP contribution in [0.2, 0.25) is 0 Å². The minimum Gasteiger partial charge on any atom is -0.497 e. The molecule has 0 atom stereocenters. The van der Waals surface area contributed by atoms with Crippen LogP contribution in [0.5, 0.6) is 17.4 Å². The molecule has 0 spiro atoms. The third-order valence-corrected chi connectivity index (χ3v) is 4.64. The summed E-state index contributed by atoms with van der Waals surface area (Å²) in [4.78, 5) is 23.3. The summed E-state index contributed by atoms with van der Waals surface area (Å²) in [7, 11) is 1.60. The number of rotatable bonds is 6. The minimum absolute atomic E-state index is 0.208. The molecule has 1 fully saturated rings. The number of carbonyl (C=O) groups excluding carboxylic acids is 1. The molecule has 2 aromatic carbocycles. The van der Waals surface area contributed by atoms with Gasteiger partial charge in [0.25, 0.3) is 11.8 Å². The van der Waals surface area contributed by atoms with Crippen molar-refractivity contribution in [1.82, 2.24) is 9.97 Å². The first-order valence-corrected chi connectivity index (χ1v) is 9.60. The lowest BCUT2D eigenvalue weighted by molar-refractivity contribution is 0.102. The highest BCUT2D eigenvalue weighted by atomic mass is 16.5. The van der Waals surface area contributed by atoms with Gasteiger partial charge in [0.15, 0.2) is 5.82 Å². The van der Waals surface area contributed by atoms with Crippen LogP contribution in [-0.4, -0.2) is 49.3 Å². The Morgan fingerprint density at radius 2 is 1.63 bits per heavy atom. The Bertz CT molecular complexity index is 987. The van der Waals surface area contributed by atoms with Crippen LogP contribution in [0.3, 0.4) is 0 Å². The molecule has 30 heavy (non-hydrogen) atoms. The van der Waals surface area contributed by atoms with Crippen molar-refractivity contribution in [3.8, 4) is 17.4 Å². The van der Waals surface area contributed by atoms with E-state index in [1.807, 2.05) is 0 Å². The summed E-state index contributed by atoms with van der Waals surface area (Å²) in [5, 5.41) is 2.85. The normalized spacial score (nSPS) is 13.6. The first-order chi connectivity index (χ1) is 14.7. The van der Waals surface area contributed by atoms with Crippen LogP contribution in [0.25, 0.3) is 0 Å². The largest absolute Gasteiger partial charge is 0.497 e. The van der Waals surface area contributed by atoms with E-state index < -0.39 is 0 Å². The van der Waals surface area contributed by atoms with E-state index in [1.165, 1.54) is 0 Å². The number of morpholine rings is 1. The average molecular weight is 406 g/mol. The van der Waals surface area contributed by atoms with Crippen molar-refractivity contribution >= 4 is 17.4 Å². The van der Waals surface area contributed by atoms with Crippen LogP contribution in [0.1, 0.15) is 10.4 Å². The molecule has 2 heterocycles. The van der Waals surface area contributed by atoms with Crippen molar-refractivity contribution in [3.05, 3.63) is 66.5 Å². The van der Waals surface area contributed by atoms with Gasteiger partial charge in [-0.25, -0.2) is 9.97 Å². The Labute approximate surface area is 174 Å². The van der Waals surface area contributed by atoms with E-state index in [-0.39, 0.29) is 5.91 Å². The number of methoxy groups -OCH3 is 1. The molecule has 1 aromatic heterocycles. The standard InChI is InChI=1S/C22H22N4O4/c1-28-18-8-4-17(5-9-18)25-21(27)16-2-6-19(7-3-16)30-22-20(23-10-11-24-22)26-12-14-29-15-13-26/h2-11H,12-15H2,1H3,(H,25,27). The fourth-order valence-corrected chi connectivity index (χ4v) is 3.05. The van der Waals surface area contributed by atoms with Crippen molar-refractivity contribution in [3.63, 3.8) is 0 Å². The van der Waals surface area contributed by atoms with E-state index in [0.29, 0.717) is 41.9 Å². The zero-order valence-corrected chi connectivity index (χ0v) is 16.6. The average Bonchev–Trinajstić information content (AvgIpc) is 2.81. The van der Waals surface area contributed by atoms with E-state index in [2.05, 4.69) is 20.2 Å². The Hall–Kier alpha value is -3.65. The van der Waals surface area contributed by atoms with Crippen LogP contribution in [0.4, 0.5) is 11.5 Å². The van der Waals surface area contributed by atoms with Gasteiger partial charge in [0.1, 0.15) is 11.5 Å². The van der Waals surface area contributed by atoms with Gasteiger partial charge in [-0.2, -0.15) is 0 Å². The monoisotopic (exact) mass is 406 g/mol. The molecule has 1 amide bonds. The number of nitrogens with one attached hydrogen (secondary N) is 1. The lowest BCUT2D eigenvalue weighted by atomic mass is 10.2.